The number of carbonyl (C=O) groups is 8. The minimum Gasteiger partial charge on any atom is -0.465 e. The maximum Gasteiger partial charge on any atom is 0.344 e. The molecule has 0 aromatic carbocycles. The van der Waals surface area contributed by atoms with Gasteiger partial charge in [0, 0.05) is 17.8 Å². The van der Waals surface area contributed by atoms with Crippen LogP contribution in [0.2, 0.25) is 0 Å². The molecule has 16 nitrogen and oxygen atoms in total. The number of hydrogen-bond acceptors (Lipinski definition) is 16. The van der Waals surface area contributed by atoms with Crippen LogP contribution in [0, 0.1) is 98.1 Å². The van der Waals surface area contributed by atoms with Gasteiger partial charge in [-0.2, -0.15) is 0 Å². The van der Waals surface area contributed by atoms with E-state index >= 15 is 0 Å². The number of carbonyl (C=O) groups excluding carboxylic acids is 8. The first-order valence-corrected chi connectivity index (χ1v) is 37.0. The SMILES string of the molecule is CCC(C)(C)C(=O)OC1(C(C)C)C2CC3CC(C2)CC1C3.CCC(C)(C)C(=O)OC1(C(C)C)CCCC1.CCC(C)(C)C(=O)OC1C2CC3C(=O)OC1C3C2.CCC(C)(C)C(=O)OCC(=O)OC1C2CC3CC(C2)C(=O)OC1C3.CCCCCCOC(=O)C(C)(C)CC. The van der Waals surface area contributed by atoms with Crippen LogP contribution in [0.3, 0.4) is 0 Å². The molecule has 93 heavy (non-hydrogen) atoms. The number of esters is 8. The summed E-state index contributed by atoms with van der Waals surface area (Å²) in [5.41, 5.74) is -2.42. The van der Waals surface area contributed by atoms with Crippen molar-refractivity contribution in [2.24, 2.45) is 98.1 Å². The van der Waals surface area contributed by atoms with Crippen LogP contribution in [0.25, 0.3) is 0 Å². The van der Waals surface area contributed by atoms with Crippen LogP contribution in [0.1, 0.15) is 293 Å². The highest BCUT2D eigenvalue weighted by Gasteiger charge is 2.64. The molecule has 12 aliphatic rings. The van der Waals surface area contributed by atoms with Crippen molar-refractivity contribution in [1.82, 2.24) is 0 Å². The highest BCUT2D eigenvalue weighted by molar-refractivity contribution is 5.81. The molecule has 10 unspecified atom stereocenters. The lowest BCUT2D eigenvalue weighted by Gasteiger charge is -2.62. The van der Waals surface area contributed by atoms with Gasteiger partial charge < -0.3 is 37.9 Å². The van der Waals surface area contributed by atoms with Crippen molar-refractivity contribution >= 4 is 47.8 Å². The van der Waals surface area contributed by atoms with E-state index in [9.17, 15) is 38.4 Å². The number of ether oxygens (including phenoxy) is 8. The Morgan fingerprint density at radius 1 is 0.484 bits per heavy atom. The van der Waals surface area contributed by atoms with Gasteiger partial charge in [0.25, 0.3) is 0 Å². The average Bonchev–Trinajstić information content (AvgIpc) is 1.64. The second-order valence-electron chi connectivity index (χ2n) is 33.9. The average molecular weight is 1310 g/mol. The molecule has 0 amide bonds. The molecule has 10 atom stereocenters. The fourth-order valence-corrected chi connectivity index (χ4v) is 16.4. The van der Waals surface area contributed by atoms with Crippen LogP contribution in [0.15, 0.2) is 0 Å². The molecule has 3 heterocycles. The largest absolute Gasteiger partial charge is 0.465 e. The van der Waals surface area contributed by atoms with Crippen molar-refractivity contribution < 1.29 is 76.3 Å². The Balaban J connectivity index is 0.000000187. The van der Waals surface area contributed by atoms with Crippen LogP contribution in [0.4, 0.5) is 0 Å². The third kappa shape index (κ3) is 18.3. The monoisotopic (exact) mass is 1310 g/mol. The Labute approximate surface area is 561 Å². The molecule has 3 saturated heterocycles. The lowest BCUT2D eigenvalue weighted by Crippen LogP contribution is -2.63. The van der Waals surface area contributed by atoms with Gasteiger partial charge in [-0.1, -0.05) is 88.5 Å². The second-order valence-corrected chi connectivity index (χ2v) is 33.9. The van der Waals surface area contributed by atoms with Gasteiger partial charge in [-0.25, -0.2) is 4.79 Å². The normalized spacial score (nSPS) is 31.4. The lowest BCUT2D eigenvalue weighted by molar-refractivity contribution is -0.231. The summed E-state index contributed by atoms with van der Waals surface area (Å²) >= 11 is 0. The first-order valence-electron chi connectivity index (χ1n) is 37.0. The molecule has 12 fully saturated rings. The summed E-state index contributed by atoms with van der Waals surface area (Å²) in [6, 6.07) is 0. The zero-order valence-corrected chi connectivity index (χ0v) is 61.7. The van der Waals surface area contributed by atoms with E-state index in [-0.39, 0.29) is 106 Å². The summed E-state index contributed by atoms with van der Waals surface area (Å²) in [5.74, 6) is 3.81. The first kappa shape index (κ1) is 77.8. The van der Waals surface area contributed by atoms with Crippen LogP contribution < -0.4 is 0 Å². The predicted octanol–water partition coefficient (Wildman–Crippen LogP) is 16.5. The number of unbranched alkanes of at least 4 members (excludes halogenated alkanes) is 3. The van der Waals surface area contributed by atoms with Crippen LogP contribution in [0.5, 0.6) is 0 Å². The van der Waals surface area contributed by atoms with E-state index in [0.717, 1.165) is 102 Å². The molecule has 9 saturated carbocycles. The molecule has 12 rings (SSSR count). The summed E-state index contributed by atoms with van der Waals surface area (Å²) in [4.78, 5) is 96.2. The summed E-state index contributed by atoms with van der Waals surface area (Å²) < 4.78 is 44.7. The third-order valence-electron chi connectivity index (χ3n) is 24.9. The summed E-state index contributed by atoms with van der Waals surface area (Å²) in [5, 5.41) is 0. The highest BCUT2D eigenvalue weighted by Crippen LogP contribution is 2.62. The van der Waals surface area contributed by atoms with E-state index in [4.69, 9.17) is 37.9 Å². The van der Waals surface area contributed by atoms with Gasteiger partial charge in [-0.05, 0) is 245 Å². The van der Waals surface area contributed by atoms with Gasteiger partial charge in [-0.15, -0.1) is 0 Å². The van der Waals surface area contributed by atoms with Crippen molar-refractivity contribution in [3.8, 4) is 0 Å². The van der Waals surface area contributed by atoms with E-state index < -0.39 is 28.9 Å². The van der Waals surface area contributed by atoms with Gasteiger partial charge in [0.05, 0.1) is 45.5 Å². The molecule has 9 aliphatic carbocycles. The Hall–Kier alpha value is -4.24. The Morgan fingerprint density at radius 3 is 1.49 bits per heavy atom. The van der Waals surface area contributed by atoms with E-state index in [2.05, 4.69) is 41.5 Å². The minimum atomic E-state index is -0.615. The van der Waals surface area contributed by atoms with Crippen molar-refractivity contribution in [1.29, 1.82) is 0 Å². The van der Waals surface area contributed by atoms with Crippen molar-refractivity contribution in [2.75, 3.05) is 13.2 Å². The highest BCUT2D eigenvalue weighted by atomic mass is 16.6. The smallest absolute Gasteiger partial charge is 0.344 e. The standard InChI is InChI=1S/C19H32O2.C18H26O6.C14H20O4.C14H26O2.C12H24O2/c1-6-18(4,5)17(20)21-19(12(2)3)15-8-13-7-14(10-15)11-16(19)9-13;1-4-18(2,3)17(21)22-9-14(19)24-15-11-5-10-6-12(8-11)16(20)23-13(15)7-10;1-4-14(2,3)13(16)18-10-7-5-8-9(6-7)12(15)17-11(8)10;1-6-13(4,5)12(15)16-14(11(2)3)9-7-8-10-14;1-5-7-8-9-10-14-11(13)12(3,4)6-2/h12-16H,6-11H2,1-5H3;10-13,15H,4-9H2,1-3H3;7-11H,4-6H2,1-3H3;11H,6-10H2,1-5H3;5-10H2,1-4H3. The predicted molar refractivity (Wildman–Crippen MR) is 357 cm³/mol. The fourth-order valence-electron chi connectivity index (χ4n) is 16.4. The van der Waals surface area contributed by atoms with Gasteiger partial charge >= 0.3 is 47.8 Å². The molecular formula is C77H128O16. The number of rotatable bonds is 23. The zero-order valence-electron chi connectivity index (χ0n) is 61.7. The van der Waals surface area contributed by atoms with Crippen LogP contribution in [-0.2, 0) is 76.3 Å². The van der Waals surface area contributed by atoms with Crippen LogP contribution >= 0.6 is 0 Å². The number of fused-ring (bicyclic) bond motifs is 2. The Morgan fingerprint density at radius 2 is 0.978 bits per heavy atom. The zero-order chi connectivity index (χ0) is 69.4. The second kappa shape index (κ2) is 32.0. The van der Waals surface area contributed by atoms with Gasteiger partial charge in [-0.3, -0.25) is 33.6 Å². The van der Waals surface area contributed by atoms with Gasteiger partial charge in [0.15, 0.2) is 6.61 Å². The van der Waals surface area contributed by atoms with Gasteiger partial charge in [0.1, 0.15) is 35.6 Å². The molecule has 0 spiro atoms. The van der Waals surface area contributed by atoms with Crippen molar-refractivity contribution in [3.63, 3.8) is 0 Å². The van der Waals surface area contributed by atoms with Crippen molar-refractivity contribution in [3.05, 3.63) is 0 Å². The maximum atomic E-state index is 12.8. The summed E-state index contributed by atoms with van der Waals surface area (Å²) in [7, 11) is 0. The van der Waals surface area contributed by atoms with Gasteiger partial charge in [0.2, 0.25) is 0 Å². The molecule has 532 valence electrons. The Bertz CT molecular complexity index is 2520. The molecule has 3 aliphatic heterocycles. The first-order chi connectivity index (χ1) is 43.4. The van der Waals surface area contributed by atoms with E-state index in [0.29, 0.717) is 54.5 Å². The summed E-state index contributed by atoms with van der Waals surface area (Å²) in [6.45, 7) is 40.5. The maximum absolute atomic E-state index is 12.8. The molecule has 0 aromatic heterocycles. The Kier molecular flexibility index (Phi) is 26.7. The topological polar surface area (TPSA) is 210 Å². The van der Waals surface area contributed by atoms with E-state index in [1.807, 2.05) is 83.1 Å². The lowest BCUT2D eigenvalue weighted by atomic mass is 9.47. The quantitative estimate of drug-likeness (QED) is 0.0529. The summed E-state index contributed by atoms with van der Waals surface area (Å²) in [6.07, 6.45) is 23.7. The van der Waals surface area contributed by atoms with E-state index in [1.54, 1.807) is 13.8 Å². The van der Waals surface area contributed by atoms with E-state index in [1.165, 1.54) is 57.8 Å². The number of hydrogen-bond donors (Lipinski definition) is 0. The van der Waals surface area contributed by atoms with Crippen LogP contribution in [-0.4, -0.2) is 96.6 Å². The molecular weight excluding hydrogens is 1180 g/mol. The molecule has 16 heteroatoms. The molecule has 0 N–H and O–H groups in total. The molecule has 0 radical (unpaired) electrons. The fraction of sp³-hybridized carbons (Fsp3) is 0.896. The minimum absolute atomic E-state index is 0.0226. The molecule has 0 aromatic rings. The molecule has 10 bridgehead atoms. The third-order valence-corrected chi connectivity index (χ3v) is 24.9. The van der Waals surface area contributed by atoms with Crippen molar-refractivity contribution in [2.45, 2.75) is 328 Å².